The molecule has 0 aliphatic rings. The Hall–Kier alpha value is -3.20. The number of aromatic nitrogens is 4. The number of halogens is 2. The summed E-state index contributed by atoms with van der Waals surface area (Å²) in [5.41, 5.74) is 2.57. The van der Waals surface area contributed by atoms with Gasteiger partial charge in [0.05, 0.1) is 11.3 Å². The fourth-order valence-corrected chi connectivity index (χ4v) is 3.57. The number of nitrogens with two attached hydrogens (primary N) is 1. The van der Waals surface area contributed by atoms with Crippen LogP contribution in [-0.2, 0) is 5.75 Å². The van der Waals surface area contributed by atoms with Crippen molar-refractivity contribution >= 4 is 11.8 Å². The molecule has 2 heterocycles. The van der Waals surface area contributed by atoms with Crippen molar-refractivity contribution < 1.29 is 13.3 Å². The van der Waals surface area contributed by atoms with Crippen LogP contribution in [0.25, 0.3) is 22.7 Å². The summed E-state index contributed by atoms with van der Waals surface area (Å²) in [5, 5.41) is 12.5. The normalized spacial score (nSPS) is 11.1. The van der Waals surface area contributed by atoms with Crippen LogP contribution in [0.3, 0.4) is 0 Å². The Kier molecular flexibility index (Phi) is 4.82. The number of rotatable bonds is 5. The van der Waals surface area contributed by atoms with Crippen molar-refractivity contribution in [3.05, 3.63) is 71.4 Å². The standard InChI is InChI=1S/C19H15F2N5OS/c1-11-16(25-27-17(11)12-6-8-13(20)9-7-12)10-28-19-24-23-18(26(19)22)14-4-2-3-5-15(14)21/h2-9H,10,22H2,1H3. The van der Waals surface area contributed by atoms with E-state index >= 15 is 0 Å². The van der Waals surface area contributed by atoms with E-state index < -0.39 is 5.82 Å². The van der Waals surface area contributed by atoms with Gasteiger partial charge in [-0.25, -0.2) is 13.5 Å². The van der Waals surface area contributed by atoms with Gasteiger partial charge in [0.15, 0.2) is 11.6 Å². The number of nitrogens with zero attached hydrogens (tertiary/aromatic N) is 4. The summed E-state index contributed by atoms with van der Waals surface area (Å²) in [5.74, 6) is 6.56. The summed E-state index contributed by atoms with van der Waals surface area (Å²) < 4.78 is 33.7. The first-order valence-electron chi connectivity index (χ1n) is 8.34. The average Bonchev–Trinajstić information content (AvgIpc) is 3.24. The molecule has 0 spiro atoms. The third-order valence-electron chi connectivity index (χ3n) is 4.24. The van der Waals surface area contributed by atoms with Crippen molar-refractivity contribution in [3.63, 3.8) is 0 Å². The highest BCUT2D eigenvalue weighted by atomic mass is 32.2. The second-order valence-corrected chi connectivity index (χ2v) is 6.98. The largest absolute Gasteiger partial charge is 0.356 e. The molecule has 0 aliphatic carbocycles. The molecule has 9 heteroatoms. The molecule has 0 bridgehead atoms. The van der Waals surface area contributed by atoms with Gasteiger partial charge in [0, 0.05) is 16.9 Å². The zero-order chi connectivity index (χ0) is 19.7. The Morgan fingerprint density at radius 3 is 2.57 bits per heavy atom. The Balaban J connectivity index is 1.53. The predicted octanol–water partition coefficient (Wildman–Crippen LogP) is 4.19. The van der Waals surface area contributed by atoms with E-state index in [1.54, 1.807) is 30.3 Å². The van der Waals surface area contributed by atoms with Gasteiger partial charge in [-0.2, -0.15) is 0 Å². The van der Waals surface area contributed by atoms with E-state index in [4.69, 9.17) is 10.4 Å². The second-order valence-electron chi connectivity index (χ2n) is 6.03. The zero-order valence-corrected chi connectivity index (χ0v) is 15.6. The van der Waals surface area contributed by atoms with Crippen molar-refractivity contribution in [1.29, 1.82) is 0 Å². The fourth-order valence-electron chi connectivity index (χ4n) is 2.71. The maximum Gasteiger partial charge on any atom is 0.210 e. The van der Waals surface area contributed by atoms with Crippen molar-refractivity contribution in [2.75, 3.05) is 5.84 Å². The first-order valence-corrected chi connectivity index (χ1v) is 9.32. The Bertz CT molecular complexity index is 1120. The van der Waals surface area contributed by atoms with Crippen molar-refractivity contribution in [1.82, 2.24) is 20.0 Å². The van der Waals surface area contributed by atoms with E-state index in [1.807, 2.05) is 6.92 Å². The van der Waals surface area contributed by atoms with E-state index in [-0.39, 0.29) is 17.2 Å². The van der Waals surface area contributed by atoms with Crippen LogP contribution >= 0.6 is 11.8 Å². The molecule has 2 N–H and O–H groups in total. The monoisotopic (exact) mass is 399 g/mol. The van der Waals surface area contributed by atoms with Gasteiger partial charge < -0.3 is 10.4 Å². The molecule has 0 saturated carbocycles. The molecule has 0 fully saturated rings. The van der Waals surface area contributed by atoms with Crippen LogP contribution in [0.1, 0.15) is 11.3 Å². The molecule has 0 amide bonds. The first kappa shape index (κ1) is 18.2. The quantitative estimate of drug-likeness (QED) is 0.400. The van der Waals surface area contributed by atoms with Gasteiger partial charge in [0.25, 0.3) is 0 Å². The minimum absolute atomic E-state index is 0.240. The lowest BCUT2D eigenvalue weighted by molar-refractivity contribution is 0.426. The number of nitrogen functional groups attached to an aromatic ring is 1. The average molecular weight is 399 g/mol. The van der Waals surface area contributed by atoms with Crippen LogP contribution in [0.2, 0.25) is 0 Å². The summed E-state index contributed by atoms with van der Waals surface area (Å²) in [6.07, 6.45) is 0. The maximum absolute atomic E-state index is 14.0. The molecular weight excluding hydrogens is 384 g/mol. The molecule has 28 heavy (non-hydrogen) atoms. The molecule has 0 radical (unpaired) electrons. The number of hydrogen-bond donors (Lipinski definition) is 1. The molecule has 0 saturated heterocycles. The van der Waals surface area contributed by atoms with Gasteiger partial charge in [-0.05, 0) is 43.3 Å². The minimum Gasteiger partial charge on any atom is -0.356 e. The molecular formula is C19H15F2N5OS. The molecule has 0 atom stereocenters. The third kappa shape index (κ3) is 3.36. The molecule has 0 unspecified atom stereocenters. The summed E-state index contributed by atoms with van der Waals surface area (Å²) in [4.78, 5) is 0. The third-order valence-corrected chi connectivity index (χ3v) is 5.20. The molecule has 2 aromatic carbocycles. The molecule has 6 nitrogen and oxygen atoms in total. The lowest BCUT2D eigenvalue weighted by Gasteiger charge is -2.04. The van der Waals surface area contributed by atoms with Crippen LogP contribution in [0.5, 0.6) is 0 Å². The van der Waals surface area contributed by atoms with Gasteiger partial charge in [0.2, 0.25) is 5.16 Å². The highest BCUT2D eigenvalue weighted by molar-refractivity contribution is 7.98. The molecule has 142 valence electrons. The summed E-state index contributed by atoms with van der Waals surface area (Å²) in [6.45, 7) is 1.88. The van der Waals surface area contributed by atoms with Gasteiger partial charge in [-0.3, -0.25) is 0 Å². The van der Waals surface area contributed by atoms with Crippen LogP contribution in [0, 0.1) is 18.6 Å². The van der Waals surface area contributed by atoms with Gasteiger partial charge in [0.1, 0.15) is 11.6 Å². The molecule has 2 aromatic heterocycles. The van der Waals surface area contributed by atoms with Crippen molar-refractivity contribution in [2.24, 2.45) is 0 Å². The highest BCUT2D eigenvalue weighted by Gasteiger charge is 2.18. The highest BCUT2D eigenvalue weighted by Crippen LogP contribution is 2.30. The smallest absolute Gasteiger partial charge is 0.210 e. The van der Waals surface area contributed by atoms with Crippen LogP contribution < -0.4 is 5.84 Å². The molecule has 4 rings (SSSR count). The number of thioether (sulfide) groups is 1. The van der Waals surface area contributed by atoms with E-state index in [1.165, 1.54) is 34.6 Å². The van der Waals surface area contributed by atoms with Gasteiger partial charge >= 0.3 is 0 Å². The van der Waals surface area contributed by atoms with Gasteiger partial charge in [-0.15, -0.1) is 10.2 Å². The van der Waals surface area contributed by atoms with Crippen LogP contribution in [-0.4, -0.2) is 20.0 Å². The summed E-state index contributed by atoms with van der Waals surface area (Å²) >= 11 is 1.31. The maximum atomic E-state index is 14.0. The van der Waals surface area contributed by atoms with Crippen molar-refractivity contribution in [2.45, 2.75) is 17.8 Å². The summed E-state index contributed by atoms with van der Waals surface area (Å²) in [6, 6.07) is 12.2. The Morgan fingerprint density at radius 1 is 1.07 bits per heavy atom. The van der Waals surface area contributed by atoms with E-state index in [0.717, 1.165) is 11.1 Å². The molecule has 4 aromatic rings. The molecule has 0 aliphatic heterocycles. The Morgan fingerprint density at radius 2 is 1.82 bits per heavy atom. The predicted molar refractivity (Wildman–Crippen MR) is 102 cm³/mol. The zero-order valence-electron chi connectivity index (χ0n) is 14.8. The van der Waals surface area contributed by atoms with Gasteiger partial charge in [-0.1, -0.05) is 29.1 Å². The van der Waals surface area contributed by atoms with Crippen LogP contribution in [0.15, 0.2) is 58.2 Å². The topological polar surface area (TPSA) is 82.8 Å². The van der Waals surface area contributed by atoms with E-state index in [2.05, 4.69) is 15.4 Å². The Labute approximate surface area is 163 Å². The van der Waals surface area contributed by atoms with E-state index in [9.17, 15) is 8.78 Å². The summed E-state index contributed by atoms with van der Waals surface area (Å²) in [7, 11) is 0. The van der Waals surface area contributed by atoms with E-state index in [0.29, 0.717) is 22.4 Å². The SMILES string of the molecule is Cc1c(CSc2nnc(-c3ccccc3F)n2N)noc1-c1ccc(F)cc1. The number of benzene rings is 2. The number of hydrogen-bond acceptors (Lipinski definition) is 6. The minimum atomic E-state index is -0.422. The fraction of sp³-hybridized carbons (Fsp3) is 0.105. The lowest BCUT2D eigenvalue weighted by atomic mass is 10.1. The first-order chi connectivity index (χ1) is 13.5. The van der Waals surface area contributed by atoms with Crippen molar-refractivity contribution in [3.8, 4) is 22.7 Å². The second kappa shape index (κ2) is 7.43. The van der Waals surface area contributed by atoms with Crippen LogP contribution in [0.4, 0.5) is 8.78 Å². The lowest BCUT2D eigenvalue weighted by Crippen LogP contribution is -2.12.